The molecule has 3 saturated carbocycles. The third-order valence-corrected chi connectivity index (χ3v) is 5.45. The van der Waals surface area contributed by atoms with Crippen LogP contribution in [0.3, 0.4) is 0 Å². The molecular formula is C17H32O. The van der Waals surface area contributed by atoms with Crippen molar-refractivity contribution in [2.24, 2.45) is 23.2 Å². The molecule has 3 aliphatic rings. The summed E-state index contributed by atoms with van der Waals surface area (Å²) in [4.78, 5) is 0. The summed E-state index contributed by atoms with van der Waals surface area (Å²) >= 11 is 0. The molecule has 2 unspecified atom stereocenters. The highest BCUT2D eigenvalue weighted by molar-refractivity contribution is 5.06. The maximum absolute atomic E-state index is 6.29. The summed E-state index contributed by atoms with van der Waals surface area (Å²) < 4.78 is 6.29. The summed E-state index contributed by atoms with van der Waals surface area (Å²) in [6, 6.07) is 0. The summed E-state index contributed by atoms with van der Waals surface area (Å²) in [5.74, 6) is 2.76. The van der Waals surface area contributed by atoms with Gasteiger partial charge in [-0.3, -0.25) is 0 Å². The van der Waals surface area contributed by atoms with Gasteiger partial charge in [0.25, 0.3) is 0 Å². The molecule has 2 bridgehead atoms. The standard InChI is InChI=1S/C17H32O/c1-12(2)18-16(5,6)17-9-14(4)7-13(3)8-15(10-17)11-17/h12-15H,7-11H2,1-6H3. The molecule has 0 spiro atoms. The van der Waals surface area contributed by atoms with Crippen LogP contribution in [0.5, 0.6) is 0 Å². The third kappa shape index (κ3) is 2.61. The topological polar surface area (TPSA) is 9.23 Å². The van der Waals surface area contributed by atoms with E-state index in [1.807, 2.05) is 0 Å². The van der Waals surface area contributed by atoms with Crippen LogP contribution < -0.4 is 0 Å². The molecule has 3 aliphatic carbocycles. The molecule has 2 atom stereocenters. The van der Waals surface area contributed by atoms with E-state index >= 15 is 0 Å². The average molecular weight is 252 g/mol. The van der Waals surface area contributed by atoms with Crippen molar-refractivity contribution < 1.29 is 4.74 Å². The second kappa shape index (κ2) is 4.81. The molecule has 106 valence electrons. The van der Waals surface area contributed by atoms with E-state index in [0.29, 0.717) is 11.5 Å². The molecule has 0 aromatic heterocycles. The highest BCUT2D eigenvalue weighted by Gasteiger charge is 2.55. The Morgan fingerprint density at radius 2 is 1.61 bits per heavy atom. The van der Waals surface area contributed by atoms with Crippen LogP contribution in [-0.4, -0.2) is 11.7 Å². The zero-order valence-electron chi connectivity index (χ0n) is 13.3. The number of ether oxygens (including phenoxy) is 1. The van der Waals surface area contributed by atoms with Gasteiger partial charge in [0.15, 0.2) is 0 Å². The van der Waals surface area contributed by atoms with Crippen LogP contribution in [0.25, 0.3) is 0 Å². The fourth-order valence-corrected chi connectivity index (χ4v) is 4.93. The van der Waals surface area contributed by atoms with Crippen LogP contribution in [0, 0.1) is 23.2 Å². The minimum atomic E-state index is 0.0481. The fraction of sp³-hybridized carbons (Fsp3) is 1.00. The van der Waals surface area contributed by atoms with Crippen molar-refractivity contribution in [1.82, 2.24) is 0 Å². The third-order valence-electron chi connectivity index (χ3n) is 5.45. The number of hydrogen-bond acceptors (Lipinski definition) is 1. The SMILES string of the molecule is CC1CC(C)CC2(C(C)(C)OC(C)C)CC(C1)C2. The van der Waals surface area contributed by atoms with E-state index in [1.165, 1.54) is 32.1 Å². The van der Waals surface area contributed by atoms with E-state index < -0.39 is 0 Å². The number of hydrogen-bond donors (Lipinski definition) is 0. The van der Waals surface area contributed by atoms with Gasteiger partial charge in [-0.15, -0.1) is 0 Å². The molecular weight excluding hydrogens is 220 g/mol. The molecule has 0 amide bonds. The lowest BCUT2D eigenvalue weighted by Crippen LogP contribution is -2.56. The molecule has 0 heterocycles. The van der Waals surface area contributed by atoms with E-state index in [4.69, 9.17) is 4.74 Å². The first kappa shape index (κ1) is 14.4. The summed E-state index contributed by atoms with van der Waals surface area (Å²) in [5, 5.41) is 0. The summed E-state index contributed by atoms with van der Waals surface area (Å²) in [6.45, 7) is 13.9. The largest absolute Gasteiger partial charge is 0.372 e. The van der Waals surface area contributed by atoms with Gasteiger partial charge in [-0.2, -0.15) is 0 Å². The van der Waals surface area contributed by atoms with Gasteiger partial charge in [0, 0.05) is 0 Å². The Morgan fingerprint density at radius 1 is 1.00 bits per heavy atom. The number of rotatable bonds is 3. The van der Waals surface area contributed by atoms with Gasteiger partial charge in [0.1, 0.15) is 0 Å². The summed E-state index contributed by atoms with van der Waals surface area (Å²) in [6.07, 6.45) is 7.38. The molecule has 0 aromatic rings. The van der Waals surface area contributed by atoms with Gasteiger partial charge in [-0.1, -0.05) is 13.8 Å². The molecule has 0 N–H and O–H groups in total. The predicted octanol–water partition coefficient (Wildman–Crippen LogP) is 5.04. The van der Waals surface area contributed by atoms with Gasteiger partial charge in [-0.05, 0) is 83.0 Å². The fourth-order valence-electron chi connectivity index (χ4n) is 4.93. The molecule has 1 nitrogen and oxygen atoms in total. The molecule has 18 heavy (non-hydrogen) atoms. The average Bonchev–Trinajstić information content (AvgIpc) is 2.07. The first-order valence-corrected chi connectivity index (χ1v) is 7.92. The van der Waals surface area contributed by atoms with Crippen LogP contribution in [0.15, 0.2) is 0 Å². The Hall–Kier alpha value is -0.0400. The van der Waals surface area contributed by atoms with E-state index in [2.05, 4.69) is 41.5 Å². The second-order valence-corrected chi connectivity index (χ2v) is 8.12. The van der Waals surface area contributed by atoms with E-state index in [9.17, 15) is 0 Å². The van der Waals surface area contributed by atoms with Crippen molar-refractivity contribution in [3.05, 3.63) is 0 Å². The van der Waals surface area contributed by atoms with Crippen molar-refractivity contribution in [2.75, 3.05) is 0 Å². The summed E-state index contributed by atoms with van der Waals surface area (Å²) in [5.41, 5.74) is 0.508. The van der Waals surface area contributed by atoms with Crippen molar-refractivity contribution >= 4 is 0 Å². The highest BCUT2D eigenvalue weighted by Crippen LogP contribution is 2.61. The van der Waals surface area contributed by atoms with Gasteiger partial charge in [0.2, 0.25) is 0 Å². The zero-order valence-corrected chi connectivity index (χ0v) is 13.3. The highest BCUT2D eigenvalue weighted by atomic mass is 16.5. The van der Waals surface area contributed by atoms with Crippen LogP contribution >= 0.6 is 0 Å². The second-order valence-electron chi connectivity index (χ2n) is 8.12. The van der Waals surface area contributed by atoms with Crippen LogP contribution in [-0.2, 0) is 4.74 Å². The molecule has 0 aliphatic heterocycles. The van der Waals surface area contributed by atoms with Crippen molar-refractivity contribution in [1.29, 1.82) is 0 Å². The Labute approximate surface area is 114 Å². The smallest absolute Gasteiger partial charge is 0.0686 e. The van der Waals surface area contributed by atoms with E-state index in [0.717, 1.165) is 17.8 Å². The molecule has 0 radical (unpaired) electrons. The lowest BCUT2D eigenvalue weighted by Gasteiger charge is -2.60. The molecule has 3 rings (SSSR count). The Morgan fingerprint density at radius 3 is 2.17 bits per heavy atom. The minimum Gasteiger partial charge on any atom is -0.372 e. The van der Waals surface area contributed by atoms with Gasteiger partial charge in [-0.25, -0.2) is 0 Å². The monoisotopic (exact) mass is 252 g/mol. The van der Waals surface area contributed by atoms with Crippen molar-refractivity contribution in [3.8, 4) is 0 Å². The van der Waals surface area contributed by atoms with Crippen molar-refractivity contribution in [3.63, 3.8) is 0 Å². The maximum Gasteiger partial charge on any atom is 0.0686 e. The van der Waals surface area contributed by atoms with E-state index in [1.54, 1.807) is 0 Å². The van der Waals surface area contributed by atoms with Gasteiger partial charge >= 0.3 is 0 Å². The van der Waals surface area contributed by atoms with Gasteiger partial charge in [0.05, 0.1) is 11.7 Å². The van der Waals surface area contributed by atoms with Crippen molar-refractivity contribution in [2.45, 2.75) is 85.4 Å². The molecule has 0 saturated heterocycles. The maximum atomic E-state index is 6.29. The van der Waals surface area contributed by atoms with Crippen LogP contribution in [0.4, 0.5) is 0 Å². The summed E-state index contributed by atoms with van der Waals surface area (Å²) in [7, 11) is 0. The van der Waals surface area contributed by atoms with Gasteiger partial charge < -0.3 is 4.74 Å². The Balaban J connectivity index is 2.12. The van der Waals surface area contributed by atoms with Crippen LogP contribution in [0.1, 0.15) is 73.6 Å². The normalized spacial score (nSPS) is 41.2. The first-order chi connectivity index (χ1) is 8.24. The number of fused-ring (bicyclic) bond motifs is 4. The lowest BCUT2D eigenvalue weighted by atomic mass is 9.49. The van der Waals surface area contributed by atoms with Crippen LogP contribution in [0.2, 0.25) is 0 Å². The Bertz CT molecular complexity index is 284. The molecule has 3 fully saturated rings. The Kier molecular flexibility index (Phi) is 3.84. The predicted molar refractivity (Wildman–Crippen MR) is 77.6 cm³/mol. The first-order valence-electron chi connectivity index (χ1n) is 7.92. The molecule has 0 aromatic carbocycles. The molecule has 1 heteroatoms. The minimum absolute atomic E-state index is 0.0481. The lowest BCUT2D eigenvalue weighted by molar-refractivity contribution is -0.198. The quantitative estimate of drug-likeness (QED) is 0.683. The van der Waals surface area contributed by atoms with E-state index in [-0.39, 0.29) is 5.60 Å². The zero-order chi connectivity index (χ0) is 13.6.